The summed E-state index contributed by atoms with van der Waals surface area (Å²) >= 11 is 7.34. The molecule has 0 atom stereocenters. The Bertz CT molecular complexity index is 317. The first-order valence-corrected chi connectivity index (χ1v) is 6.53. The van der Waals surface area contributed by atoms with Gasteiger partial charge in [0, 0.05) is 17.5 Å². The Labute approximate surface area is 100 Å². The lowest BCUT2D eigenvalue weighted by Crippen LogP contribution is -2.31. The van der Waals surface area contributed by atoms with Crippen LogP contribution in [0.2, 0.25) is 0 Å². The summed E-state index contributed by atoms with van der Waals surface area (Å²) in [4.78, 5) is 8.30. The standard InChI is InChI=1S/C10H16ClN3S/c1-10(2,4-5-11)14-8-6-9(15-3)13-7-12-8/h6-7H,4-5H2,1-3H3,(H,12,13,14). The minimum atomic E-state index is -0.0359. The molecule has 0 amide bonds. The van der Waals surface area contributed by atoms with Crippen molar-refractivity contribution in [2.24, 2.45) is 0 Å². The molecule has 5 heteroatoms. The second kappa shape index (κ2) is 5.56. The van der Waals surface area contributed by atoms with Gasteiger partial charge in [0.1, 0.15) is 17.2 Å². The monoisotopic (exact) mass is 245 g/mol. The number of thioether (sulfide) groups is 1. The molecule has 0 fully saturated rings. The maximum absolute atomic E-state index is 5.73. The van der Waals surface area contributed by atoms with E-state index in [0.29, 0.717) is 5.88 Å². The zero-order valence-electron chi connectivity index (χ0n) is 9.25. The zero-order chi connectivity index (χ0) is 11.3. The number of aromatic nitrogens is 2. The lowest BCUT2D eigenvalue weighted by molar-refractivity contribution is 0.547. The number of hydrogen-bond acceptors (Lipinski definition) is 4. The van der Waals surface area contributed by atoms with Crippen molar-refractivity contribution in [1.82, 2.24) is 9.97 Å². The van der Waals surface area contributed by atoms with E-state index in [9.17, 15) is 0 Å². The number of alkyl halides is 1. The van der Waals surface area contributed by atoms with Crippen LogP contribution in [0.3, 0.4) is 0 Å². The molecule has 0 radical (unpaired) electrons. The maximum Gasteiger partial charge on any atom is 0.130 e. The van der Waals surface area contributed by atoms with E-state index in [1.54, 1.807) is 18.1 Å². The lowest BCUT2D eigenvalue weighted by atomic mass is 10.0. The third kappa shape index (κ3) is 4.26. The van der Waals surface area contributed by atoms with Gasteiger partial charge in [0.25, 0.3) is 0 Å². The average Bonchev–Trinajstić information content (AvgIpc) is 2.17. The molecule has 1 aromatic heterocycles. The van der Waals surface area contributed by atoms with Crippen LogP contribution in [-0.4, -0.2) is 27.6 Å². The summed E-state index contributed by atoms with van der Waals surface area (Å²) in [6, 6.07) is 1.95. The highest BCUT2D eigenvalue weighted by molar-refractivity contribution is 7.98. The van der Waals surface area contributed by atoms with E-state index in [1.807, 2.05) is 12.3 Å². The minimum absolute atomic E-state index is 0.0359. The number of hydrogen-bond donors (Lipinski definition) is 1. The molecule has 84 valence electrons. The van der Waals surface area contributed by atoms with Crippen molar-refractivity contribution < 1.29 is 0 Å². The molecular weight excluding hydrogens is 230 g/mol. The van der Waals surface area contributed by atoms with Crippen LogP contribution in [0.15, 0.2) is 17.4 Å². The number of rotatable bonds is 5. The molecule has 3 nitrogen and oxygen atoms in total. The first-order valence-electron chi connectivity index (χ1n) is 4.77. The Balaban J connectivity index is 2.71. The molecule has 0 saturated carbocycles. The van der Waals surface area contributed by atoms with Gasteiger partial charge in [-0.2, -0.15) is 0 Å². The van der Waals surface area contributed by atoms with Gasteiger partial charge in [-0.05, 0) is 26.5 Å². The molecule has 0 spiro atoms. The largest absolute Gasteiger partial charge is 0.365 e. The van der Waals surface area contributed by atoms with E-state index in [4.69, 9.17) is 11.6 Å². The minimum Gasteiger partial charge on any atom is -0.365 e. The van der Waals surface area contributed by atoms with Gasteiger partial charge in [-0.3, -0.25) is 0 Å². The molecule has 0 aromatic carbocycles. The summed E-state index contributed by atoms with van der Waals surface area (Å²) in [7, 11) is 0. The van der Waals surface area contributed by atoms with Crippen LogP contribution in [0.4, 0.5) is 5.82 Å². The van der Waals surface area contributed by atoms with Crippen molar-refractivity contribution in [2.75, 3.05) is 17.5 Å². The third-order valence-electron chi connectivity index (χ3n) is 2.04. The molecule has 1 aromatic rings. The Morgan fingerprint density at radius 2 is 2.20 bits per heavy atom. The highest BCUT2D eigenvalue weighted by Crippen LogP contribution is 2.19. The van der Waals surface area contributed by atoms with Crippen molar-refractivity contribution in [3.05, 3.63) is 12.4 Å². The normalized spacial score (nSPS) is 11.5. The van der Waals surface area contributed by atoms with Gasteiger partial charge >= 0.3 is 0 Å². The van der Waals surface area contributed by atoms with Crippen molar-refractivity contribution >= 4 is 29.2 Å². The summed E-state index contributed by atoms with van der Waals surface area (Å²) in [5.74, 6) is 1.49. The third-order valence-corrected chi connectivity index (χ3v) is 2.87. The maximum atomic E-state index is 5.73. The second-order valence-corrected chi connectivity index (χ2v) is 5.10. The van der Waals surface area contributed by atoms with Crippen LogP contribution in [0.1, 0.15) is 20.3 Å². The smallest absolute Gasteiger partial charge is 0.130 e. The summed E-state index contributed by atoms with van der Waals surface area (Å²) in [5.41, 5.74) is -0.0359. The predicted molar refractivity (Wildman–Crippen MR) is 66.9 cm³/mol. The molecule has 15 heavy (non-hydrogen) atoms. The van der Waals surface area contributed by atoms with Gasteiger partial charge in [-0.1, -0.05) is 0 Å². The average molecular weight is 246 g/mol. The zero-order valence-corrected chi connectivity index (χ0v) is 10.8. The van der Waals surface area contributed by atoms with E-state index < -0.39 is 0 Å². The number of anilines is 1. The molecule has 1 heterocycles. The topological polar surface area (TPSA) is 37.8 Å². The van der Waals surface area contributed by atoms with E-state index in [0.717, 1.165) is 17.3 Å². The number of nitrogens with one attached hydrogen (secondary N) is 1. The van der Waals surface area contributed by atoms with Gasteiger partial charge in [0.15, 0.2) is 0 Å². The summed E-state index contributed by atoms with van der Waals surface area (Å²) in [5, 5.41) is 4.31. The van der Waals surface area contributed by atoms with Crippen LogP contribution in [0.5, 0.6) is 0 Å². The SMILES string of the molecule is CSc1cc(NC(C)(C)CCCl)ncn1. The van der Waals surface area contributed by atoms with E-state index >= 15 is 0 Å². The van der Waals surface area contributed by atoms with E-state index in [1.165, 1.54) is 0 Å². The fraction of sp³-hybridized carbons (Fsp3) is 0.600. The van der Waals surface area contributed by atoms with E-state index in [2.05, 4.69) is 29.1 Å². The Morgan fingerprint density at radius 1 is 1.47 bits per heavy atom. The number of nitrogens with zero attached hydrogens (tertiary/aromatic N) is 2. The quantitative estimate of drug-likeness (QED) is 0.492. The molecule has 0 saturated heterocycles. The molecule has 0 aliphatic rings. The lowest BCUT2D eigenvalue weighted by Gasteiger charge is -2.25. The first-order chi connectivity index (χ1) is 7.07. The van der Waals surface area contributed by atoms with E-state index in [-0.39, 0.29) is 5.54 Å². The Hall–Kier alpha value is -0.480. The van der Waals surface area contributed by atoms with Crippen molar-refractivity contribution in [3.8, 4) is 0 Å². The van der Waals surface area contributed by atoms with Crippen LogP contribution in [0.25, 0.3) is 0 Å². The fourth-order valence-electron chi connectivity index (χ4n) is 1.16. The van der Waals surface area contributed by atoms with Crippen LogP contribution < -0.4 is 5.32 Å². The van der Waals surface area contributed by atoms with Crippen molar-refractivity contribution in [2.45, 2.75) is 30.8 Å². The van der Waals surface area contributed by atoms with Crippen LogP contribution in [-0.2, 0) is 0 Å². The van der Waals surface area contributed by atoms with Gasteiger partial charge in [0.05, 0.1) is 0 Å². The summed E-state index contributed by atoms with van der Waals surface area (Å²) < 4.78 is 0. The van der Waals surface area contributed by atoms with Crippen LogP contribution >= 0.6 is 23.4 Å². The molecule has 0 unspecified atom stereocenters. The highest BCUT2D eigenvalue weighted by atomic mass is 35.5. The molecule has 1 N–H and O–H groups in total. The van der Waals surface area contributed by atoms with Crippen molar-refractivity contribution in [3.63, 3.8) is 0 Å². The summed E-state index contributed by atoms with van der Waals surface area (Å²) in [6.45, 7) is 4.21. The fourth-order valence-corrected chi connectivity index (χ4v) is 2.02. The van der Waals surface area contributed by atoms with Gasteiger partial charge in [-0.15, -0.1) is 23.4 Å². The Kier molecular flexibility index (Phi) is 4.67. The molecule has 0 aliphatic carbocycles. The van der Waals surface area contributed by atoms with Crippen LogP contribution in [0, 0.1) is 0 Å². The second-order valence-electron chi connectivity index (χ2n) is 3.89. The number of halogens is 1. The van der Waals surface area contributed by atoms with Gasteiger partial charge < -0.3 is 5.32 Å². The van der Waals surface area contributed by atoms with Gasteiger partial charge in [0.2, 0.25) is 0 Å². The van der Waals surface area contributed by atoms with Crippen molar-refractivity contribution in [1.29, 1.82) is 0 Å². The molecule has 1 rings (SSSR count). The Morgan fingerprint density at radius 3 is 2.80 bits per heavy atom. The summed E-state index contributed by atoms with van der Waals surface area (Å²) in [6.07, 6.45) is 4.47. The predicted octanol–water partition coefficient (Wildman–Crippen LogP) is 3.02. The molecule has 0 bridgehead atoms. The molecule has 0 aliphatic heterocycles. The van der Waals surface area contributed by atoms with Gasteiger partial charge in [-0.25, -0.2) is 9.97 Å². The molecular formula is C10H16ClN3S. The highest BCUT2D eigenvalue weighted by Gasteiger charge is 2.17. The first kappa shape index (κ1) is 12.6.